The zero-order valence-corrected chi connectivity index (χ0v) is 20.4. The van der Waals surface area contributed by atoms with Crippen LogP contribution in [0.25, 0.3) is 66.4 Å². The highest BCUT2D eigenvalue weighted by atomic mass is 16.3. The summed E-state index contributed by atoms with van der Waals surface area (Å²) in [7, 11) is 0. The number of allylic oxidation sites excluding steroid dienone is 3. The third-order valence-corrected chi connectivity index (χ3v) is 8.11. The van der Waals surface area contributed by atoms with Crippen molar-refractivity contribution in [1.82, 2.24) is 4.98 Å². The lowest BCUT2D eigenvalue weighted by atomic mass is 9.80. The van der Waals surface area contributed by atoms with Gasteiger partial charge in [-0.25, -0.2) is 0 Å². The Balaban J connectivity index is 1.49. The molecule has 0 saturated carbocycles. The van der Waals surface area contributed by atoms with Crippen molar-refractivity contribution in [2.75, 3.05) is 0 Å². The molecule has 36 heavy (non-hydrogen) atoms. The Kier molecular flexibility index (Phi) is 4.00. The molecule has 172 valence electrons. The molecule has 0 spiro atoms. The monoisotopic (exact) mass is 463 g/mol. The van der Waals surface area contributed by atoms with E-state index in [1.165, 1.54) is 54.8 Å². The first-order valence-corrected chi connectivity index (χ1v) is 12.9. The van der Waals surface area contributed by atoms with Gasteiger partial charge in [-0.15, -0.1) is 0 Å². The molecule has 2 heterocycles. The van der Waals surface area contributed by atoms with Gasteiger partial charge < -0.3 is 4.42 Å². The van der Waals surface area contributed by atoms with Gasteiger partial charge >= 0.3 is 0 Å². The molecule has 0 fully saturated rings. The number of pyridine rings is 1. The highest BCUT2D eigenvalue weighted by molar-refractivity contribution is 6.24. The zero-order valence-electron chi connectivity index (χ0n) is 20.4. The van der Waals surface area contributed by atoms with E-state index in [2.05, 4.69) is 92.7 Å². The Hall–Kier alpha value is -4.17. The van der Waals surface area contributed by atoms with E-state index in [4.69, 9.17) is 9.40 Å². The molecule has 2 aliphatic rings. The van der Waals surface area contributed by atoms with Crippen molar-refractivity contribution < 1.29 is 4.42 Å². The molecule has 0 radical (unpaired) electrons. The lowest BCUT2D eigenvalue weighted by Gasteiger charge is -2.23. The standard InChI is InChI=1S/C34H25NO/c1-19(2)23-10-5-9-22-18-35-29(17-28(22)23)24-11-6-14-27-32-25-12-3-7-20-15-16-21-8-4-13-26(31(21)30(20)25)34(32)36-33(24)27/h3-6,8-15,17-19H,7,16H2,1-2H3. The number of rotatable bonds is 2. The van der Waals surface area contributed by atoms with Crippen LogP contribution < -0.4 is 0 Å². The molecule has 0 atom stereocenters. The van der Waals surface area contributed by atoms with E-state index >= 15 is 0 Å². The van der Waals surface area contributed by atoms with Gasteiger partial charge in [-0.2, -0.15) is 0 Å². The lowest BCUT2D eigenvalue weighted by molar-refractivity contribution is 0.673. The van der Waals surface area contributed by atoms with Crippen LogP contribution in [0.2, 0.25) is 0 Å². The summed E-state index contributed by atoms with van der Waals surface area (Å²) in [4.78, 5) is 4.90. The van der Waals surface area contributed by atoms with Gasteiger partial charge in [-0.05, 0) is 69.5 Å². The van der Waals surface area contributed by atoms with Gasteiger partial charge in [-0.1, -0.05) is 80.6 Å². The topological polar surface area (TPSA) is 26.0 Å². The summed E-state index contributed by atoms with van der Waals surface area (Å²) in [5.74, 6) is 0.446. The van der Waals surface area contributed by atoms with Crippen LogP contribution in [-0.2, 0) is 6.42 Å². The van der Waals surface area contributed by atoms with Crippen molar-refractivity contribution in [2.24, 2.45) is 0 Å². The molecular weight excluding hydrogens is 438 g/mol. The molecule has 0 saturated heterocycles. The first-order valence-electron chi connectivity index (χ1n) is 12.9. The number of hydrogen-bond donors (Lipinski definition) is 0. The number of furan rings is 1. The van der Waals surface area contributed by atoms with Gasteiger partial charge in [0, 0.05) is 33.3 Å². The summed E-state index contributed by atoms with van der Waals surface area (Å²) in [6.45, 7) is 4.50. The number of para-hydroxylation sites is 1. The van der Waals surface area contributed by atoms with Gasteiger partial charge in [-0.3, -0.25) is 4.98 Å². The first kappa shape index (κ1) is 20.1. The average Bonchev–Trinajstić information content (AvgIpc) is 3.32. The molecule has 6 aromatic rings. The Labute approximate surface area is 209 Å². The van der Waals surface area contributed by atoms with Gasteiger partial charge in [0.25, 0.3) is 0 Å². The third-order valence-electron chi connectivity index (χ3n) is 8.11. The number of aromatic nitrogens is 1. The Bertz CT molecular complexity index is 1970. The largest absolute Gasteiger partial charge is 0.455 e. The number of nitrogens with zero attached hydrogens (tertiary/aromatic N) is 1. The maximum absolute atomic E-state index is 6.83. The summed E-state index contributed by atoms with van der Waals surface area (Å²) in [6.07, 6.45) is 11.0. The third kappa shape index (κ3) is 2.59. The van der Waals surface area contributed by atoms with E-state index < -0.39 is 0 Å². The van der Waals surface area contributed by atoms with Crippen LogP contribution >= 0.6 is 0 Å². The SMILES string of the molecule is CC(C)c1cccc2cnc(-c3cccc4c3oc3c5cccc6c5c5c(c43)C=CCC5=CC6)cc12. The summed E-state index contributed by atoms with van der Waals surface area (Å²) >= 11 is 0. The van der Waals surface area contributed by atoms with Crippen molar-refractivity contribution in [3.8, 4) is 11.3 Å². The number of hydrogen-bond acceptors (Lipinski definition) is 2. The predicted octanol–water partition coefficient (Wildman–Crippen LogP) is 9.43. The van der Waals surface area contributed by atoms with Crippen molar-refractivity contribution in [2.45, 2.75) is 32.6 Å². The van der Waals surface area contributed by atoms with Gasteiger partial charge in [0.05, 0.1) is 5.69 Å². The first-order chi connectivity index (χ1) is 17.7. The quantitative estimate of drug-likeness (QED) is 0.256. The van der Waals surface area contributed by atoms with Crippen LogP contribution in [0.5, 0.6) is 0 Å². The molecule has 2 aliphatic carbocycles. The number of fused-ring (bicyclic) bond motifs is 6. The minimum absolute atomic E-state index is 0.446. The second kappa shape index (κ2) is 7.18. The molecule has 0 bridgehead atoms. The van der Waals surface area contributed by atoms with Gasteiger partial charge in [0.2, 0.25) is 0 Å². The molecule has 0 aliphatic heterocycles. The Morgan fingerprint density at radius 1 is 0.833 bits per heavy atom. The highest BCUT2D eigenvalue weighted by Gasteiger charge is 2.26. The van der Waals surface area contributed by atoms with Crippen LogP contribution in [0, 0.1) is 0 Å². The van der Waals surface area contributed by atoms with E-state index in [-0.39, 0.29) is 0 Å². The highest BCUT2D eigenvalue weighted by Crippen LogP contribution is 2.48. The Morgan fingerprint density at radius 2 is 1.67 bits per heavy atom. The van der Waals surface area contributed by atoms with Gasteiger partial charge in [0.1, 0.15) is 11.2 Å². The Morgan fingerprint density at radius 3 is 2.56 bits per heavy atom. The maximum atomic E-state index is 6.83. The molecule has 8 rings (SSSR count). The lowest BCUT2D eigenvalue weighted by Crippen LogP contribution is -2.03. The molecule has 0 N–H and O–H groups in total. The molecule has 0 amide bonds. The smallest absolute Gasteiger partial charge is 0.144 e. The minimum atomic E-state index is 0.446. The predicted molar refractivity (Wildman–Crippen MR) is 151 cm³/mol. The molecule has 0 unspecified atom stereocenters. The van der Waals surface area contributed by atoms with E-state index in [9.17, 15) is 0 Å². The second-order valence-electron chi connectivity index (χ2n) is 10.4. The van der Waals surface area contributed by atoms with E-state index in [0.717, 1.165) is 40.7 Å². The maximum Gasteiger partial charge on any atom is 0.144 e. The zero-order chi connectivity index (χ0) is 24.0. The van der Waals surface area contributed by atoms with Crippen molar-refractivity contribution in [3.05, 3.63) is 101 Å². The van der Waals surface area contributed by atoms with Crippen LogP contribution in [0.4, 0.5) is 0 Å². The van der Waals surface area contributed by atoms with E-state index in [1.807, 2.05) is 6.20 Å². The minimum Gasteiger partial charge on any atom is -0.455 e. The van der Waals surface area contributed by atoms with E-state index in [1.54, 1.807) is 0 Å². The van der Waals surface area contributed by atoms with Crippen LogP contribution in [0.3, 0.4) is 0 Å². The van der Waals surface area contributed by atoms with Crippen molar-refractivity contribution in [1.29, 1.82) is 0 Å². The second-order valence-corrected chi connectivity index (χ2v) is 10.4. The van der Waals surface area contributed by atoms with Crippen LogP contribution in [-0.4, -0.2) is 4.98 Å². The molecule has 2 aromatic heterocycles. The van der Waals surface area contributed by atoms with Crippen LogP contribution in [0.15, 0.2) is 83.4 Å². The fraction of sp³-hybridized carbons (Fsp3) is 0.147. The van der Waals surface area contributed by atoms with Crippen LogP contribution in [0.1, 0.15) is 48.4 Å². The number of benzene rings is 4. The molecule has 2 nitrogen and oxygen atoms in total. The summed E-state index contributed by atoms with van der Waals surface area (Å²) in [5.41, 5.74) is 10.8. The normalized spacial score (nSPS) is 14.5. The summed E-state index contributed by atoms with van der Waals surface area (Å²) < 4.78 is 6.83. The summed E-state index contributed by atoms with van der Waals surface area (Å²) in [5, 5.41) is 7.42. The van der Waals surface area contributed by atoms with Crippen molar-refractivity contribution in [3.63, 3.8) is 0 Å². The molecule has 4 aromatic carbocycles. The molecular formula is C34H25NO. The fourth-order valence-electron chi connectivity index (χ4n) is 6.46. The summed E-state index contributed by atoms with van der Waals surface area (Å²) in [6, 6.07) is 21.9. The average molecular weight is 464 g/mol. The van der Waals surface area contributed by atoms with Crippen molar-refractivity contribution >= 4 is 55.1 Å². The molecule has 2 heteroatoms. The van der Waals surface area contributed by atoms with Gasteiger partial charge in [0.15, 0.2) is 0 Å². The van der Waals surface area contributed by atoms with E-state index in [0.29, 0.717) is 5.92 Å². The fourth-order valence-corrected chi connectivity index (χ4v) is 6.46.